The summed E-state index contributed by atoms with van der Waals surface area (Å²) < 4.78 is 20.9. The fourth-order valence-electron chi connectivity index (χ4n) is 7.99. The zero-order valence-electron chi connectivity index (χ0n) is 25.2. The van der Waals surface area contributed by atoms with Crippen LogP contribution in [0, 0.1) is 42.4 Å². The maximum atomic E-state index is 14.8. The van der Waals surface area contributed by atoms with Gasteiger partial charge >= 0.3 is 5.97 Å². The van der Waals surface area contributed by atoms with Crippen LogP contribution in [-0.4, -0.2) is 51.6 Å². The first-order chi connectivity index (χ1) is 18.0. The molecule has 0 amide bonds. The lowest BCUT2D eigenvalue weighted by Crippen LogP contribution is -2.68. The normalized spacial score (nSPS) is 38.6. The number of carbonyl (C=O) groups excluding carboxylic acids is 2. The molecule has 3 aliphatic carbocycles. The minimum Gasteiger partial charge on any atom is -0.451 e. The molecule has 1 N–H and O–H groups in total. The van der Waals surface area contributed by atoms with Gasteiger partial charge in [-0.2, -0.15) is 0 Å². The smallest absolute Gasteiger partial charge is 0.340 e. The van der Waals surface area contributed by atoms with Gasteiger partial charge in [-0.05, 0) is 81.9 Å². The molecule has 2 fully saturated rings. The van der Waals surface area contributed by atoms with Crippen LogP contribution in [-0.2, 0) is 25.5 Å². The maximum Gasteiger partial charge on any atom is 0.340 e. The molecule has 4 aliphatic rings. The first-order valence-corrected chi connectivity index (χ1v) is 14.4. The molecular weight excluding hydrogens is 494 g/mol. The van der Waals surface area contributed by atoms with E-state index in [1.54, 1.807) is 0 Å². The number of ketones is 1. The topological polar surface area (TPSA) is 87.0 Å². The fraction of sp³-hybridized carbons (Fsp3) is 0.688. The van der Waals surface area contributed by atoms with E-state index in [-0.39, 0.29) is 29.6 Å². The Morgan fingerprint density at radius 2 is 1.82 bits per heavy atom. The molecule has 7 heteroatoms. The van der Waals surface area contributed by atoms with Crippen molar-refractivity contribution in [2.24, 2.45) is 28.6 Å². The van der Waals surface area contributed by atoms with E-state index in [0.29, 0.717) is 11.1 Å². The van der Waals surface area contributed by atoms with Gasteiger partial charge < -0.3 is 23.9 Å². The van der Waals surface area contributed by atoms with Gasteiger partial charge in [0, 0.05) is 24.4 Å². The van der Waals surface area contributed by atoms with Gasteiger partial charge in [0.1, 0.15) is 6.10 Å². The average Bonchev–Trinajstić information content (AvgIpc) is 3.22. The maximum absolute atomic E-state index is 14.8. The summed E-state index contributed by atoms with van der Waals surface area (Å²) in [7, 11) is 0. The molecule has 0 unspecified atom stereocenters. The Kier molecular flexibility index (Phi) is 6.45. The van der Waals surface area contributed by atoms with E-state index >= 15 is 0 Å². The third kappa shape index (κ3) is 3.72. The van der Waals surface area contributed by atoms with Gasteiger partial charge in [0.25, 0.3) is 0 Å². The summed E-state index contributed by atoms with van der Waals surface area (Å²) in [6, 6.07) is 0. The summed E-state index contributed by atoms with van der Waals surface area (Å²) in [6.45, 7) is 20.8. The molecule has 0 aromatic carbocycles. The number of allylic oxidation sites excluding steroid dienone is 1. The van der Waals surface area contributed by atoms with Crippen LogP contribution < -0.4 is 0 Å². The average molecular weight is 540 g/mol. The Labute approximate surface area is 232 Å². The number of nitrogens with zero attached hydrogens (tertiary/aromatic N) is 1. The van der Waals surface area contributed by atoms with E-state index in [0.717, 1.165) is 29.8 Å². The third-order valence-corrected chi connectivity index (χ3v) is 10.6. The van der Waals surface area contributed by atoms with Crippen LogP contribution in [0.4, 0.5) is 0 Å². The summed E-state index contributed by atoms with van der Waals surface area (Å²) in [5, 5.41) is 13.2. The monoisotopic (exact) mass is 539 g/mol. The number of Topliss-reactive ketones (excluding diaryl/α,β-unsaturated/α-hetero) is 1. The van der Waals surface area contributed by atoms with Crippen molar-refractivity contribution in [3.05, 3.63) is 46.3 Å². The van der Waals surface area contributed by atoms with Crippen molar-refractivity contribution in [3.63, 3.8) is 0 Å². The molecule has 1 aromatic heterocycles. The number of hydrogen-bond acceptors (Lipinski definition) is 6. The van der Waals surface area contributed by atoms with Gasteiger partial charge in [0.2, 0.25) is 0 Å². The van der Waals surface area contributed by atoms with E-state index in [9.17, 15) is 14.7 Å². The highest BCUT2D eigenvalue weighted by atomic mass is 16.7. The number of aliphatic hydroxyl groups is 1. The standard InChI is InChI=1S/C32H45NO6/c1-11-33-15-18(3)24(21(33)6)28(35)38-26-17(2)14-31-20(5)12-19(4)29(7,8)23(25(31)34)13-22-16-37-30(9,10)39-27(22)32(26,31)36/h13-15,19-20,23,26-27,36H,11-12,16H2,1-10H3/t19-,20+,23+,26-,27+,31-,32+/m0/s1. The van der Waals surface area contributed by atoms with Crippen molar-refractivity contribution < 1.29 is 28.9 Å². The van der Waals surface area contributed by atoms with Gasteiger partial charge in [0.05, 0.1) is 17.6 Å². The van der Waals surface area contributed by atoms with Crippen LogP contribution in [0.15, 0.2) is 29.5 Å². The number of fused-ring (bicyclic) bond motifs is 3. The van der Waals surface area contributed by atoms with Crippen molar-refractivity contribution in [2.45, 2.75) is 106 Å². The molecule has 1 saturated carbocycles. The second-order valence-corrected chi connectivity index (χ2v) is 13.6. The van der Waals surface area contributed by atoms with Crippen LogP contribution in [0.1, 0.15) is 83.4 Å². The van der Waals surface area contributed by atoms with Crippen LogP contribution >= 0.6 is 0 Å². The molecule has 39 heavy (non-hydrogen) atoms. The Hall–Kier alpha value is -2.22. The second-order valence-electron chi connectivity index (χ2n) is 13.6. The van der Waals surface area contributed by atoms with Crippen molar-refractivity contribution in [2.75, 3.05) is 6.61 Å². The van der Waals surface area contributed by atoms with Gasteiger partial charge in [-0.15, -0.1) is 0 Å². The highest BCUT2D eigenvalue weighted by Gasteiger charge is 2.74. The SMILES string of the molecule is CCn1cc(C)c(C(=O)O[C@H]2C(C)=C[C@]34C(=O)[C@@H](C=C5COC(C)(C)O[C@H]5[C@]23O)C(C)(C)[C@@H](C)C[C@H]4C)c1C. The molecule has 2 heterocycles. The fourth-order valence-corrected chi connectivity index (χ4v) is 7.99. The highest BCUT2D eigenvalue weighted by Crippen LogP contribution is 2.64. The lowest BCUT2D eigenvalue weighted by Gasteiger charge is -2.52. The van der Waals surface area contributed by atoms with Crippen molar-refractivity contribution >= 4 is 11.8 Å². The Morgan fingerprint density at radius 1 is 1.15 bits per heavy atom. The number of carbonyl (C=O) groups is 2. The third-order valence-electron chi connectivity index (χ3n) is 10.6. The van der Waals surface area contributed by atoms with Crippen LogP contribution in [0.3, 0.4) is 0 Å². The van der Waals surface area contributed by atoms with Crippen LogP contribution in [0.25, 0.3) is 0 Å². The first-order valence-electron chi connectivity index (χ1n) is 14.4. The summed E-state index contributed by atoms with van der Waals surface area (Å²) in [5.74, 6) is -1.95. The first kappa shape index (κ1) is 28.3. The molecule has 1 spiro atoms. The van der Waals surface area contributed by atoms with E-state index in [4.69, 9.17) is 14.2 Å². The predicted octanol–water partition coefficient (Wildman–Crippen LogP) is 5.31. The molecule has 5 rings (SSSR count). The van der Waals surface area contributed by atoms with Gasteiger partial charge in [-0.1, -0.05) is 39.8 Å². The molecule has 1 aromatic rings. The minimum atomic E-state index is -1.83. The van der Waals surface area contributed by atoms with Gasteiger partial charge in [-0.3, -0.25) is 4.79 Å². The summed E-state index contributed by atoms with van der Waals surface area (Å²) in [6.07, 6.45) is 4.66. The summed E-state index contributed by atoms with van der Waals surface area (Å²) in [5.41, 5.74) is 0.0838. The minimum absolute atomic E-state index is 0.0300. The number of rotatable bonds is 3. The van der Waals surface area contributed by atoms with Crippen molar-refractivity contribution in [1.82, 2.24) is 4.57 Å². The van der Waals surface area contributed by atoms with E-state index in [2.05, 4.69) is 27.7 Å². The van der Waals surface area contributed by atoms with Gasteiger partial charge in [-0.25, -0.2) is 4.79 Å². The van der Waals surface area contributed by atoms with E-state index in [1.807, 2.05) is 64.5 Å². The van der Waals surface area contributed by atoms with Gasteiger partial charge in [0.15, 0.2) is 23.3 Å². The number of ether oxygens (including phenoxy) is 3. The lowest BCUT2D eigenvalue weighted by atomic mass is 9.59. The molecule has 1 saturated heterocycles. The molecule has 0 radical (unpaired) electrons. The molecule has 214 valence electrons. The number of esters is 1. The second kappa shape index (κ2) is 8.89. The van der Waals surface area contributed by atoms with Crippen LogP contribution in [0.5, 0.6) is 0 Å². The zero-order chi connectivity index (χ0) is 28.9. The zero-order valence-corrected chi connectivity index (χ0v) is 25.2. The largest absolute Gasteiger partial charge is 0.451 e. The molecule has 7 atom stereocenters. The van der Waals surface area contributed by atoms with Crippen LogP contribution in [0.2, 0.25) is 0 Å². The van der Waals surface area contributed by atoms with Crippen molar-refractivity contribution in [3.8, 4) is 0 Å². The van der Waals surface area contributed by atoms with E-state index < -0.39 is 40.9 Å². The molecule has 7 nitrogen and oxygen atoms in total. The predicted molar refractivity (Wildman–Crippen MR) is 148 cm³/mol. The summed E-state index contributed by atoms with van der Waals surface area (Å²) in [4.78, 5) is 28.7. The Balaban J connectivity index is 1.71. The molecule has 1 aliphatic heterocycles. The quantitative estimate of drug-likeness (QED) is 0.414. The van der Waals surface area contributed by atoms with E-state index in [1.165, 1.54) is 0 Å². The number of aromatic nitrogens is 1. The lowest BCUT2D eigenvalue weighted by molar-refractivity contribution is -0.302. The number of hydrogen-bond donors (Lipinski definition) is 1. The Bertz CT molecular complexity index is 1280. The summed E-state index contributed by atoms with van der Waals surface area (Å²) >= 11 is 0. The molecule has 2 bridgehead atoms. The molecular formula is C32H45NO6. The number of aryl methyl sites for hydroxylation is 2. The highest BCUT2D eigenvalue weighted by molar-refractivity contribution is 5.96. The van der Waals surface area contributed by atoms with Crippen molar-refractivity contribution in [1.29, 1.82) is 0 Å². The Morgan fingerprint density at radius 3 is 2.44 bits per heavy atom.